The molecule has 31 heavy (non-hydrogen) atoms. The second-order valence-corrected chi connectivity index (χ2v) is 6.70. The van der Waals surface area contributed by atoms with Crippen LogP contribution in [0.25, 0.3) is 0 Å². The monoisotopic (exact) mass is 427 g/mol. The molecule has 1 aliphatic heterocycles. The van der Waals surface area contributed by atoms with Crippen LogP contribution in [0.1, 0.15) is 18.5 Å². The smallest absolute Gasteiger partial charge is 0.319 e. The largest absolute Gasteiger partial charge is 0.497 e. The molecular formula is C22H25N3O6. The summed E-state index contributed by atoms with van der Waals surface area (Å²) in [4.78, 5) is 25.4. The molecule has 0 aromatic heterocycles. The van der Waals surface area contributed by atoms with E-state index in [-0.39, 0.29) is 0 Å². The zero-order valence-corrected chi connectivity index (χ0v) is 18.0. The van der Waals surface area contributed by atoms with Crippen molar-refractivity contribution in [2.75, 3.05) is 33.8 Å². The molecule has 3 amide bonds. The Hall–Kier alpha value is -3.88. The van der Waals surface area contributed by atoms with Gasteiger partial charge in [0.25, 0.3) is 5.91 Å². The zero-order chi connectivity index (χ0) is 22.5. The summed E-state index contributed by atoms with van der Waals surface area (Å²) in [6.07, 6.45) is 0. The molecule has 164 valence electrons. The van der Waals surface area contributed by atoms with Gasteiger partial charge in [-0.05, 0) is 36.8 Å². The number of anilines is 1. The second-order valence-electron chi connectivity index (χ2n) is 6.70. The Morgan fingerprint density at radius 2 is 1.61 bits per heavy atom. The van der Waals surface area contributed by atoms with E-state index >= 15 is 0 Å². The molecule has 1 aliphatic rings. The van der Waals surface area contributed by atoms with Gasteiger partial charge in [-0.25, -0.2) is 4.79 Å². The van der Waals surface area contributed by atoms with Crippen molar-refractivity contribution in [3.63, 3.8) is 0 Å². The van der Waals surface area contributed by atoms with Crippen molar-refractivity contribution in [3.8, 4) is 23.0 Å². The highest BCUT2D eigenvalue weighted by molar-refractivity contribution is 6.07. The number of nitrogens with one attached hydrogen (secondary N) is 3. The van der Waals surface area contributed by atoms with Gasteiger partial charge in [0.05, 0.1) is 45.7 Å². The molecule has 0 saturated carbocycles. The van der Waals surface area contributed by atoms with Crippen LogP contribution >= 0.6 is 0 Å². The highest BCUT2D eigenvalue weighted by Crippen LogP contribution is 2.35. The van der Waals surface area contributed by atoms with Gasteiger partial charge in [0.15, 0.2) is 11.5 Å². The summed E-state index contributed by atoms with van der Waals surface area (Å²) in [5.41, 5.74) is 1.92. The SMILES string of the molecule is COc1ccc(NC(=O)C2=C(C)NC(=O)N[C@@H]2c2ccc(OC)c(OC)c2)c(OC)c1. The van der Waals surface area contributed by atoms with E-state index in [0.717, 1.165) is 0 Å². The second kappa shape index (κ2) is 9.29. The van der Waals surface area contributed by atoms with Gasteiger partial charge in [-0.15, -0.1) is 0 Å². The van der Waals surface area contributed by atoms with Gasteiger partial charge < -0.3 is 34.9 Å². The van der Waals surface area contributed by atoms with Crippen LogP contribution in [-0.2, 0) is 4.79 Å². The van der Waals surface area contributed by atoms with E-state index in [1.807, 2.05) is 0 Å². The molecule has 0 saturated heterocycles. The Labute approximate surface area is 180 Å². The van der Waals surface area contributed by atoms with Gasteiger partial charge in [0.2, 0.25) is 0 Å². The van der Waals surface area contributed by atoms with Crippen LogP contribution in [0.5, 0.6) is 23.0 Å². The fraction of sp³-hybridized carbons (Fsp3) is 0.273. The van der Waals surface area contributed by atoms with Crippen LogP contribution in [-0.4, -0.2) is 40.4 Å². The number of urea groups is 1. The number of amides is 3. The average Bonchev–Trinajstić information content (AvgIpc) is 2.78. The van der Waals surface area contributed by atoms with Crippen LogP contribution in [0.4, 0.5) is 10.5 Å². The maximum Gasteiger partial charge on any atom is 0.319 e. The van der Waals surface area contributed by atoms with Crippen LogP contribution < -0.4 is 34.9 Å². The highest BCUT2D eigenvalue weighted by atomic mass is 16.5. The van der Waals surface area contributed by atoms with Crippen LogP contribution in [0, 0.1) is 0 Å². The first-order valence-electron chi connectivity index (χ1n) is 9.45. The number of hydrogen-bond acceptors (Lipinski definition) is 6. The van der Waals surface area contributed by atoms with E-state index in [0.29, 0.717) is 45.5 Å². The molecule has 2 aromatic rings. The zero-order valence-electron chi connectivity index (χ0n) is 18.0. The Morgan fingerprint density at radius 1 is 0.903 bits per heavy atom. The number of allylic oxidation sites excluding steroid dienone is 1. The molecule has 2 aromatic carbocycles. The first-order chi connectivity index (χ1) is 14.9. The molecule has 1 atom stereocenters. The van der Waals surface area contributed by atoms with Gasteiger partial charge in [-0.3, -0.25) is 4.79 Å². The molecule has 9 nitrogen and oxygen atoms in total. The molecular weight excluding hydrogens is 402 g/mol. The van der Waals surface area contributed by atoms with E-state index < -0.39 is 18.0 Å². The summed E-state index contributed by atoms with van der Waals surface area (Å²) in [7, 11) is 6.11. The Bertz CT molecular complexity index is 1030. The molecule has 0 aliphatic carbocycles. The maximum atomic E-state index is 13.3. The average molecular weight is 427 g/mol. The molecule has 0 radical (unpaired) electrons. The summed E-state index contributed by atoms with van der Waals surface area (Å²) >= 11 is 0. The van der Waals surface area contributed by atoms with Crippen molar-refractivity contribution in [1.82, 2.24) is 10.6 Å². The standard InChI is InChI=1S/C22H25N3O6/c1-12-19(21(26)24-15-8-7-14(28-2)11-17(15)30-4)20(25-22(27)23-12)13-6-9-16(29-3)18(10-13)31-5/h6-11,20H,1-5H3,(H,24,26)(H2,23,25,27)/t20-/m1/s1. The topological polar surface area (TPSA) is 107 Å². The van der Waals surface area contributed by atoms with E-state index in [1.165, 1.54) is 21.3 Å². The third-order valence-electron chi connectivity index (χ3n) is 4.91. The normalized spacial score (nSPS) is 15.5. The van der Waals surface area contributed by atoms with Gasteiger partial charge in [-0.2, -0.15) is 0 Å². The lowest BCUT2D eigenvalue weighted by atomic mass is 9.94. The van der Waals surface area contributed by atoms with Crippen molar-refractivity contribution < 1.29 is 28.5 Å². The minimum atomic E-state index is -0.696. The molecule has 0 bridgehead atoms. The Kier molecular flexibility index (Phi) is 6.54. The van der Waals surface area contributed by atoms with Crippen molar-refractivity contribution in [2.45, 2.75) is 13.0 Å². The molecule has 0 fully saturated rings. The van der Waals surface area contributed by atoms with Crippen molar-refractivity contribution in [3.05, 3.63) is 53.2 Å². The van der Waals surface area contributed by atoms with Crippen molar-refractivity contribution >= 4 is 17.6 Å². The molecule has 3 rings (SSSR count). The number of ether oxygens (including phenoxy) is 4. The van der Waals surface area contributed by atoms with Gasteiger partial charge in [0, 0.05) is 11.8 Å². The van der Waals surface area contributed by atoms with Crippen LogP contribution in [0.3, 0.4) is 0 Å². The minimum absolute atomic E-state index is 0.352. The van der Waals surface area contributed by atoms with Crippen molar-refractivity contribution in [2.24, 2.45) is 0 Å². The number of methoxy groups -OCH3 is 4. The quantitative estimate of drug-likeness (QED) is 0.627. The Balaban J connectivity index is 1.98. The summed E-state index contributed by atoms with van der Waals surface area (Å²) in [5.74, 6) is 1.68. The summed E-state index contributed by atoms with van der Waals surface area (Å²) < 4.78 is 21.2. The van der Waals surface area contributed by atoms with E-state index in [2.05, 4.69) is 16.0 Å². The van der Waals surface area contributed by atoms with E-state index in [1.54, 1.807) is 50.4 Å². The number of carbonyl (C=O) groups is 2. The predicted molar refractivity (Wildman–Crippen MR) is 115 cm³/mol. The molecule has 0 spiro atoms. The van der Waals surface area contributed by atoms with Crippen LogP contribution in [0.15, 0.2) is 47.7 Å². The molecule has 3 N–H and O–H groups in total. The lowest BCUT2D eigenvalue weighted by Gasteiger charge is -2.29. The number of hydrogen-bond donors (Lipinski definition) is 3. The number of carbonyl (C=O) groups excluding carboxylic acids is 2. The van der Waals surface area contributed by atoms with Crippen LogP contribution in [0.2, 0.25) is 0 Å². The van der Waals surface area contributed by atoms with Crippen molar-refractivity contribution in [1.29, 1.82) is 0 Å². The highest BCUT2D eigenvalue weighted by Gasteiger charge is 2.32. The van der Waals surface area contributed by atoms with Gasteiger partial charge in [-0.1, -0.05) is 6.07 Å². The molecule has 0 unspecified atom stereocenters. The maximum absolute atomic E-state index is 13.3. The van der Waals surface area contributed by atoms with E-state index in [4.69, 9.17) is 18.9 Å². The predicted octanol–water partition coefficient (Wildman–Crippen LogP) is 2.99. The Morgan fingerprint density at radius 3 is 2.26 bits per heavy atom. The summed E-state index contributed by atoms with van der Waals surface area (Å²) in [5, 5.41) is 8.31. The summed E-state index contributed by atoms with van der Waals surface area (Å²) in [6.45, 7) is 1.67. The third-order valence-corrected chi connectivity index (χ3v) is 4.91. The van der Waals surface area contributed by atoms with Gasteiger partial charge in [0.1, 0.15) is 11.5 Å². The van der Waals surface area contributed by atoms with E-state index in [9.17, 15) is 9.59 Å². The minimum Gasteiger partial charge on any atom is -0.497 e. The first-order valence-corrected chi connectivity index (χ1v) is 9.45. The lowest BCUT2D eigenvalue weighted by Crippen LogP contribution is -2.46. The third kappa shape index (κ3) is 4.50. The first kappa shape index (κ1) is 21.8. The summed E-state index contributed by atoms with van der Waals surface area (Å²) in [6, 6.07) is 9.19. The molecule has 1 heterocycles. The fourth-order valence-electron chi connectivity index (χ4n) is 3.37. The lowest BCUT2D eigenvalue weighted by molar-refractivity contribution is -0.113. The number of benzene rings is 2. The van der Waals surface area contributed by atoms with Gasteiger partial charge >= 0.3 is 6.03 Å². The number of rotatable bonds is 7. The fourth-order valence-corrected chi connectivity index (χ4v) is 3.37. The molecule has 9 heteroatoms.